The lowest BCUT2D eigenvalue weighted by Crippen LogP contribution is -2.46. The fourth-order valence-corrected chi connectivity index (χ4v) is 4.82. The summed E-state index contributed by atoms with van der Waals surface area (Å²) >= 11 is 0. The molecule has 0 aromatic carbocycles. The van der Waals surface area contributed by atoms with Gasteiger partial charge >= 0.3 is 6.18 Å². The van der Waals surface area contributed by atoms with Crippen LogP contribution in [0.2, 0.25) is 0 Å². The molecule has 1 saturated carbocycles. The minimum Gasteiger partial charge on any atom is -0.400 e. The lowest BCUT2D eigenvalue weighted by atomic mass is 9.82. The number of rotatable bonds is 15. The summed E-state index contributed by atoms with van der Waals surface area (Å²) in [6.45, 7) is -0.833. The Morgan fingerprint density at radius 3 is 2.56 bits per heavy atom. The van der Waals surface area contributed by atoms with Crippen molar-refractivity contribution in [2.75, 3.05) is 33.9 Å². The first-order valence-corrected chi connectivity index (χ1v) is 13.1. The summed E-state index contributed by atoms with van der Waals surface area (Å²) in [4.78, 5) is 28.0. The molecule has 2 unspecified atom stereocenters. The van der Waals surface area contributed by atoms with Crippen LogP contribution in [-0.2, 0) is 19.1 Å². The zero-order chi connectivity index (χ0) is 31.9. The maximum atomic E-state index is 13.9. The van der Waals surface area contributed by atoms with E-state index in [2.05, 4.69) is 10.1 Å². The molecule has 1 amide bonds. The van der Waals surface area contributed by atoms with E-state index >= 15 is 0 Å². The quantitative estimate of drug-likeness (QED) is 0.101. The van der Waals surface area contributed by atoms with Gasteiger partial charge in [0.25, 0.3) is 5.78 Å². The molecule has 3 N–H and O–H groups in total. The third kappa shape index (κ3) is 9.32. The van der Waals surface area contributed by atoms with Crippen LogP contribution in [0.1, 0.15) is 49.1 Å². The molecule has 2 aromatic heterocycles. The van der Waals surface area contributed by atoms with Gasteiger partial charge in [-0.1, -0.05) is 8.96 Å². The van der Waals surface area contributed by atoms with E-state index in [-0.39, 0.29) is 49.8 Å². The second-order valence-electron chi connectivity index (χ2n) is 10.2. The van der Waals surface area contributed by atoms with Gasteiger partial charge in [-0.3, -0.25) is 14.5 Å². The van der Waals surface area contributed by atoms with E-state index in [0.717, 1.165) is 0 Å². The number of methoxy groups -OCH3 is 1. The van der Waals surface area contributed by atoms with E-state index in [9.17, 15) is 40.5 Å². The third-order valence-electron chi connectivity index (χ3n) is 7.07. The largest absolute Gasteiger partial charge is 0.454 e. The molecule has 0 saturated heterocycles. The number of ether oxygens (including phenoxy) is 2. The molecular weight excluding hydrogens is 595 g/mol. The van der Waals surface area contributed by atoms with Crippen molar-refractivity contribution in [3.05, 3.63) is 41.5 Å². The second-order valence-corrected chi connectivity index (χ2v) is 10.2. The highest BCUT2D eigenvalue weighted by Gasteiger charge is 2.40. The molecule has 0 radical (unpaired) electrons. The average Bonchev–Trinajstić information content (AvgIpc) is 3.34. The van der Waals surface area contributed by atoms with Crippen LogP contribution >= 0.6 is 0 Å². The highest BCUT2D eigenvalue weighted by Crippen LogP contribution is 2.42. The van der Waals surface area contributed by atoms with Gasteiger partial charge in [0, 0.05) is 43.6 Å². The number of carbonyl (C=O) groups is 2. The van der Waals surface area contributed by atoms with Gasteiger partial charge in [-0.15, -0.1) is 0 Å². The number of fused-ring (bicyclic) bond motifs is 1. The molecule has 18 heteroatoms. The van der Waals surface area contributed by atoms with Crippen LogP contribution in [0, 0.1) is 5.92 Å². The number of likely N-dealkylation sites (N-methyl/N-ethyl adjacent to an activating group) is 1. The van der Waals surface area contributed by atoms with Gasteiger partial charge < -0.3 is 20.5 Å². The summed E-state index contributed by atoms with van der Waals surface area (Å²) in [5.74, 6) is -5.52. The second kappa shape index (κ2) is 14.4. The van der Waals surface area contributed by atoms with Gasteiger partial charge in [-0.2, -0.15) is 18.3 Å². The Labute approximate surface area is 241 Å². The minimum absolute atomic E-state index is 0.0339. The number of ketones is 1. The molecule has 1 aliphatic rings. The number of halogens is 7. The van der Waals surface area contributed by atoms with E-state index in [4.69, 9.17) is 15.2 Å². The number of carbonyl (C=O) groups excluding carboxylic acids is 2. The molecule has 2 aromatic rings. The van der Waals surface area contributed by atoms with Crippen molar-refractivity contribution in [3.63, 3.8) is 0 Å². The first-order valence-electron chi connectivity index (χ1n) is 13.1. The number of allylic oxidation sites excluding steroid dienone is 1. The average molecular weight is 628 g/mol. The van der Waals surface area contributed by atoms with Crippen LogP contribution < -0.4 is 11.1 Å². The van der Waals surface area contributed by atoms with Gasteiger partial charge in [0.05, 0.1) is 37.3 Å². The third-order valence-corrected chi connectivity index (χ3v) is 7.07. The van der Waals surface area contributed by atoms with Gasteiger partial charge in [0.15, 0.2) is 11.8 Å². The first kappa shape index (κ1) is 34.1. The Bertz CT molecular complexity index is 1260. The van der Waals surface area contributed by atoms with Gasteiger partial charge in [0.1, 0.15) is 6.10 Å². The molecular formula is C25H32F7N7O4. The zero-order valence-corrected chi connectivity index (χ0v) is 23.2. The van der Waals surface area contributed by atoms with Gasteiger partial charge in [-0.05, 0) is 37.4 Å². The van der Waals surface area contributed by atoms with Crippen molar-refractivity contribution in [1.82, 2.24) is 30.2 Å². The van der Waals surface area contributed by atoms with Gasteiger partial charge in [0.2, 0.25) is 12.3 Å². The van der Waals surface area contributed by atoms with Crippen LogP contribution in [0.25, 0.3) is 5.65 Å². The maximum Gasteiger partial charge on any atom is 0.454 e. The van der Waals surface area contributed by atoms with Crippen molar-refractivity contribution in [2.45, 2.75) is 56.1 Å². The van der Waals surface area contributed by atoms with Crippen molar-refractivity contribution >= 4 is 17.8 Å². The molecule has 11 nitrogen and oxygen atoms in total. The number of nitrogens with one attached hydrogen (secondary N) is 1. The smallest absolute Gasteiger partial charge is 0.400 e. The molecule has 1 aliphatic carbocycles. The van der Waals surface area contributed by atoms with Crippen LogP contribution in [-0.4, -0.2) is 89.2 Å². The van der Waals surface area contributed by atoms with Gasteiger partial charge in [-0.25, -0.2) is 18.3 Å². The SMILES string of the molecule is COCC(c1cnn2cc(C(OC/C(N)=C/C(=O)C(F)(F)F)C3CCC(F)(F)CC3)nc2c1)N(C)C[C@H](NC=O)N(F)F. The molecule has 240 valence electrons. The van der Waals surface area contributed by atoms with Crippen LogP contribution in [0.15, 0.2) is 30.2 Å². The molecule has 1 fully saturated rings. The van der Waals surface area contributed by atoms with E-state index in [1.165, 1.54) is 36.0 Å². The Morgan fingerprint density at radius 2 is 1.98 bits per heavy atom. The molecule has 3 rings (SSSR count). The standard InChI is InChI=1S/C25H32F7N7O4/c1-37(11-22(34-14-40)39(31)32)19(13-42-2)16-7-21-36-18(10-38(21)35-9-16)23(15-3-5-24(26,27)6-4-15)43-12-17(33)8-20(41)25(28,29)30/h7-10,14-15,19,22-23H,3-6,11-13,33H2,1-2H3,(H,34,40)/b17-8-/t19?,22-,23?/m1/s1. The summed E-state index contributed by atoms with van der Waals surface area (Å²) in [5, 5.41) is 5.18. The van der Waals surface area contributed by atoms with Crippen molar-refractivity contribution < 1.29 is 50.0 Å². The number of hydrogen-bond acceptors (Lipinski definition) is 9. The van der Waals surface area contributed by atoms with E-state index in [1.54, 1.807) is 6.07 Å². The fourth-order valence-electron chi connectivity index (χ4n) is 4.82. The number of amides is 1. The Kier molecular flexibility index (Phi) is 11.4. The van der Waals surface area contributed by atoms with Crippen molar-refractivity contribution in [3.8, 4) is 0 Å². The number of aromatic nitrogens is 3. The number of imidazole rings is 1. The van der Waals surface area contributed by atoms with Crippen molar-refractivity contribution in [2.24, 2.45) is 11.7 Å². The maximum absolute atomic E-state index is 13.9. The topological polar surface area (TPSA) is 127 Å². The lowest BCUT2D eigenvalue weighted by molar-refractivity contribution is -0.199. The Morgan fingerprint density at radius 1 is 1.30 bits per heavy atom. The number of nitrogens with two attached hydrogens (primary N) is 1. The van der Waals surface area contributed by atoms with Crippen LogP contribution in [0.5, 0.6) is 0 Å². The summed E-state index contributed by atoms with van der Waals surface area (Å²) in [6.07, 6.45) is -5.21. The summed E-state index contributed by atoms with van der Waals surface area (Å²) in [6, 6.07) is 0.992. The monoisotopic (exact) mass is 627 g/mol. The lowest BCUT2D eigenvalue weighted by Gasteiger charge is -2.33. The first-order chi connectivity index (χ1) is 20.1. The molecule has 2 heterocycles. The number of nitrogens with zero attached hydrogens (tertiary/aromatic N) is 5. The minimum atomic E-state index is -5.12. The van der Waals surface area contributed by atoms with E-state index in [1.807, 2.05) is 5.32 Å². The number of hydrogen-bond donors (Lipinski definition) is 2. The molecule has 0 spiro atoms. The summed E-state index contributed by atoms with van der Waals surface area (Å²) in [5.41, 5.74) is 6.11. The highest BCUT2D eigenvalue weighted by molar-refractivity contribution is 5.94. The molecule has 3 atom stereocenters. The zero-order valence-electron chi connectivity index (χ0n) is 23.2. The fraction of sp³-hybridized carbons (Fsp3) is 0.600. The van der Waals surface area contributed by atoms with Crippen molar-refractivity contribution in [1.29, 1.82) is 0 Å². The normalized spacial score (nSPS) is 18.6. The summed E-state index contributed by atoms with van der Waals surface area (Å²) in [7, 11) is 2.95. The van der Waals surface area contributed by atoms with Crippen LogP contribution in [0.3, 0.4) is 0 Å². The predicted octanol–water partition coefficient (Wildman–Crippen LogP) is 3.35. The van der Waals surface area contributed by atoms with E-state index in [0.29, 0.717) is 5.56 Å². The summed E-state index contributed by atoms with van der Waals surface area (Å²) < 4.78 is 104. The van der Waals surface area contributed by atoms with Crippen LogP contribution in [0.4, 0.5) is 30.9 Å². The molecule has 0 bridgehead atoms. The Balaban J connectivity index is 1.89. The molecule has 0 aliphatic heterocycles. The number of alkyl halides is 5. The highest BCUT2D eigenvalue weighted by atomic mass is 19.4. The van der Waals surface area contributed by atoms with E-state index < -0.39 is 72.6 Å². The Hall–Kier alpha value is -3.35. The predicted molar refractivity (Wildman–Crippen MR) is 136 cm³/mol. The molecule has 43 heavy (non-hydrogen) atoms.